The molecule has 1 amide bonds. The number of hydrogen-bond donors (Lipinski definition) is 1. The highest BCUT2D eigenvalue weighted by Crippen LogP contribution is 2.03. The summed E-state index contributed by atoms with van der Waals surface area (Å²) in [5.74, 6) is 0.964. The van der Waals surface area contributed by atoms with Crippen LogP contribution in [0.25, 0.3) is 0 Å². The molecule has 0 bridgehead atoms. The van der Waals surface area contributed by atoms with Gasteiger partial charge in [-0.3, -0.25) is 9.59 Å². The van der Waals surface area contributed by atoms with E-state index in [9.17, 15) is 9.59 Å². The van der Waals surface area contributed by atoms with Gasteiger partial charge in [-0.15, -0.1) is 0 Å². The minimum Gasteiger partial charge on any atom is -0.356 e. The fourth-order valence-electron chi connectivity index (χ4n) is 0.698. The predicted octanol–water partition coefficient (Wildman–Crippen LogP) is 1.59. The molecule has 0 aliphatic rings. The lowest BCUT2D eigenvalue weighted by atomic mass is 10.2. The molecule has 0 aromatic carbocycles. The summed E-state index contributed by atoms with van der Waals surface area (Å²) in [5, 5.41) is 2.68. The van der Waals surface area contributed by atoms with Crippen molar-refractivity contribution in [3.8, 4) is 0 Å². The van der Waals surface area contributed by atoms with Gasteiger partial charge in [-0.05, 0) is 12.0 Å². The van der Waals surface area contributed by atoms with Gasteiger partial charge in [0.2, 0.25) is 11.0 Å². The van der Waals surface area contributed by atoms with Gasteiger partial charge >= 0.3 is 0 Å². The molecule has 0 aromatic rings. The standard InChI is InChI=1S/C10H17NO2S/c1-8(2)4-5-10(13)14-7-6-11-9(3)12/h4-5,8H,6-7H2,1-3H3,(H,11,12)/b5-4+. The summed E-state index contributed by atoms with van der Waals surface area (Å²) in [6.45, 7) is 6.05. The third-order valence-corrected chi connectivity index (χ3v) is 2.17. The minimum absolute atomic E-state index is 0.0454. The van der Waals surface area contributed by atoms with Gasteiger partial charge in [0, 0.05) is 19.2 Å². The van der Waals surface area contributed by atoms with E-state index in [4.69, 9.17) is 0 Å². The van der Waals surface area contributed by atoms with Crippen molar-refractivity contribution in [2.24, 2.45) is 5.92 Å². The van der Waals surface area contributed by atoms with Crippen molar-refractivity contribution in [1.29, 1.82) is 0 Å². The molecule has 4 heteroatoms. The van der Waals surface area contributed by atoms with E-state index in [0.29, 0.717) is 18.2 Å². The van der Waals surface area contributed by atoms with Crippen molar-refractivity contribution in [2.45, 2.75) is 20.8 Å². The molecular formula is C10H17NO2S. The zero-order valence-corrected chi connectivity index (χ0v) is 9.69. The molecule has 0 fully saturated rings. The lowest BCUT2D eigenvalue weighted by molar-refractivity contribution is -0.118. The molecule has 0 atom stereocenters. The van der Waals surface area contributed by atoms with Crippen LogP contribution in [0.4, 0.5) is 0 Å². The van der Waals surface area contributed by atoms with Crippen LogP contribution in [-0.2, 0) is 9.59 Å². The summed E-state index contributed by atoms with van der Waals surface area (Å²) in [4.78, 5) is 21.6. The van der Waals surface area contributed by atoms with Gasteiger partial charge < -0.3 is 5.32 Å². The number of nitrogens with one attached hydrogen (secondary N) is 1. The summed E-state index contributed by atoms with van der Waals surface area (Å²) in [6.07, 6.45) is 3.46. The van der Waals surface area contributed by atoms with E-state index in [1.165, 1.54) is 18.7 Å². The Morgan fingerprint density at radius 2 is 2.07 bits per heavy atom. The quantitative estimate of drug-likeness (QED) is 0.559. The van der Waals surface area contributed by atoms with Gasteiger partial charge in [0.05, 0.1) is 0 Å². The highest BCUT2D eigenvalue weighted by Gasteiger charge is 1.98. The zero-order valence-electron chi connectivity index (χ0n) is 8.87. The third kappa shape index (κ3) is 9.32. The van der Waals surface area contributed by atoms with E-state index in [2.05, 4.69) is 5.32 Å². The molecular weight excluding hydrogens is 198 g/mol. The second kappa shape index (κ2) is 7.62. The first-order chi connectivity index (χ1) is 6.52. The van der Waals surface area contributed by atoms with E-state index in [0.717, 1.165) is 0 Å². The summed E-state index contributed by atoms with van der Waals surface area (Å²) in [7, 11) is 0. The molecule has 0 aromatic heterocycles. The second-order valence-corrected chi connectivity index (χ2v) is 4.35. The highest BCUT2D eigenvalue weighted by atomic mass is 32.2. The summed E-state index contributed by atoms with van der Waals surface area (Å²) < 4.78 is 0. The largest absolute Gasteiger partial charge is 0.356 e. The number of rotatable bonds is 5. The van der Waals surface area contributed by atoms with E-state index in [1.807, 2.05) is 19.9 Å². The molecule has 14 heavy (non-hydrogen) atoms. The number of allylic oxidation sites excluding steroid dienone is 1. The molecule has 0 spiro atoms. The molecule has 0 aliphatic heterocycles. The molecule has 0 aliphatic carbocycles. The van der Waals surface area contributed by atoms with Crippen molar-refractivity contribution >= 4 is 22.8 Å². The molecule has 0 saturated carbocycles. The van der Waals surface area contributed by atoms with Gasteiger partial charge in [0.15, 0.2) is 0 Å². The molecule has 1 N–H and O–H groups in total. The van der Waals surface area contributed by atoms with Gasteiger partial charge in [-0.25, -0.2) is 0 Å². The van der Waals surface area contributed by atoms with Crippen LogP contribution in [0.2, 0.25) is 0 Å². The van der Waals surface area contributed by atoms with Gasteiger partial charge in [-0.1, -0.05) is 31.7 Å². The van der Waals surface area contributed by atoms with Crippen LogP contribution in [0.3, 0.4) is 0 Å². The maximum Gasteiger partial charge on any atom is 0.216 e. The first kappa shape index (κ1) is 13.2. The van der Waals surface area contributed by atoms with Crippen LogP contribution in [-0.4, -0.2) is 23.3 Å². The molecule has 0 saturated heterocycles. The topological polar surface area (TPSA) is 46.2 Å². The second-order valence-electron chi connectivity index (χ2n) is 3.25. The Labute approximate surface area is 89.3 Å². The molecule has 0 unspecified atom stereocenters. The van der Waals surface area contributed by atoms with Crippen LogP contribution in [0.1, 0.15) is 20.8 Å². The lowest BCUT2D eigenvalue weighted by Gasteiger charge is -1.99. The minimum atomic E-state index is -0.0595. The molecule has 0 rings (SSSR count). The summed E-state index contributed by atoms with van der Waals surface area (Å²) >= 11 is 1.22. The highest BCUT2D eigenvalue weighted by molar-refractivity contribution is 8.14. The van der Waals surface area contributed by atoms with Crippen LogP contribution >= 0.6 is 11.8 Å². The Kier molecular flexibility index (Phi) is 7.20. The molecule has 0 heterocycles. The maximum absolute atomic E-state index is 11.2. The average Bonchev–Trinajstić information content (AvgIpc) is 2.08. The van der Waals surface area contributed by atoms with Crippen LogP contribution in [0.5, 0.6) is 0 Å². The van der Waals surface area contributed by atoms with Crippen molar-refractivity contribution in [3.05, 3.63) is 12.2 Å². The fourth-order valence-corrected chi connectivity index (χ4v) is 1.28. The number of carbonyl (C=O) groups excluding carboxylic acids is 2. The van der Waals surface area contributed by atoms with Crippen molar-refractivity contribution < 1.29 is 9.59 Å². The van der Waals surface area contributed by atoms with E-state index in [1.54, 1.807) is 6.08 Å². The number of carbonyl (C=O) groups is 2. The maximum atomic E-state index is 11.2. The van der Waals surface area contributed by atoms with E-state index >= 15 is 0 Å². The van der Waals surface area contributed by atoms with Gasteiger partial charge in [0.25, 0.3) is 0 Å². The molecule has 3 nitrogen and oxygen atoms in total. The fraction of sp³-hybridized carbons (Fsp3) is 0.600. The Balaban J connectivity index is 3.50. The Bertz CT molecular complexity index is 224. The number of thioether (sulfide) groups is 1. The van der Waals surface area contributed by atoms with Crippen molar-refractivity contribution in [3.63, 3.8) is 0 Å². The first-order valence-electron chi connectivity index (χ1n) is 4.61. The number of hydrogen-bond acceptors (Lipinski definition) is 3. The Morgan fingerprint density at radius 3 is 2.57 bits per heavy atom. The van der Waals surface area contributed by atoms with Crippen LogP contribution in [0.15, 0.2) is 12.2 Å². The number of amides is 1. The normalized spacial score (nSPS) is 10.9. The Hall–Kier alpha value is -0.770. The van der Waals surface area contributed by atoms with E-state index < -0.39 is 0 Å². The van der Waals surface area contributed by atoms with Crippen LogP contribution in [0, 0.1) is 5.92 Å². The zero-order chi connectivity index (χ0) is 11.0. The van der Waals surface area contributed by atoms with Crippen molar-refractivity contribution in [2.75, 3.05) is 12.3 Å². The Morgan fingerprint density at radius 1 is 1.43 bits per heavy atom. The third-order valence-electron chi connectivity index (χ3n) is 1.34. The van der Waals surface area contributed by atoms with Crippen LogP contribution < -0.4 is 5.32 Å². The van der Waals surface area contributed by atoms with Gasteiger partial charge in [0.1, 0.15) is 0 Å². The lowest BCUT2D eigenvalue weighted by Crippen LogP contribution is -2.22. The van der Waals surface area contributed by atoms with E-state index in [-0.39, 0.29) is 11.0 Å². The van der Waals surface area contributed by atoms with Gasteiger partial charge in [-0.2, -0.15) is 0 Å². The van der Waals surface area contributed by atoms with Crippen molar-refractivity contribution in [1.82, 2.24) is 5.32 Å². The smallest absolute Gasteiger partial charge is 0.216 e. The predicted molar refractivity (Wildman–Crippen MR) is 60.1 cm³/mol. The molecule has 0 radical (unpaired) electrons. The average molecular weight is 215 g/mol. The molecule has 80 valence electrons. The first-order valence-corrected chi connectivity index (χ1v) is 5.60. The summed E-state index contributed by atoms with van der Waals surface area (Å²) in [5.41, 5.74) is 0. The SMILES string of the molecule is CC(=O)NCCSC(=O)/C=C/C(C)C. The monoisotopic (exact) mass is 215 g/mol. The summed E-state index contributed by atoms with van der Waals surface area (Å²) in [6, 6.07) is 0.